The van der Waals surface area contributed by atoms with Crippen molar-refractivity contribution in [3.05, 3.63) is 0 Å². The molecule has 4 unspecified atom stereocenters. The summed E-state index contributed by atoms with van der Waals surface area (Å²) in [4.78, 5) is 12.6. The molecule has 1 saturated carbocycles. The lowest BCUT2D eigenvalue weighted by molar-refractivity contribution is -0.164. The second-order valence-electron chi connectivity index (χ2n) is 8.11. The van der Waals surface area contributed by atoms with E-state index < -0.39 is 0 Å². The Kier molecular flexibility index (Phi) is 5.58. The van der Waals surface area contributed by atoms with Crippen LogP contribution in [0.4, 0.5) is 0 Å². The van der Waals surface area contributed by atoms with Gasteiger partial charge in [0, 0.05) is 23.4 Å². The standard InChI is InChI=1S/C19H35NO2/c1-6-18(4)13-16(14(3)19(5,7-2)20-18)22-17(21)15-11-9-8-10-12-15/h14-16,20H,6-13H2,1-5H3. The van der Waals surface area contributed by atoms with Gasteiger partial charge in [0.25, 0.3) is 0 Å². The summed E-state index contributed by atoms with van der Waals surface area (Å²) in [5.74, 6) is 0.566. The highest BCUT2D eigenvalue weighted by molar-refractivity contribution is 5.72. The Morgan fingerprint density at radius 1 is 1.14 bits per heavy atom. The van der Waals surface area contributed by atoms with Crippen LogP contribution in [-0.2, 0) is 9.53 Å². The lowest BCUT2D eigenvalue weighted by Gasteiger charge is -2.53. The van der Waals surface area contributed by atoms with E-state index in [1.165, 1.54) is 19.3 Å². The number of nitrogens with one attached hydrogen (secondary N) is 1. The molecule has 1 aliphatic heterocycles. The first-order valence-electron chi connectivity index (χ1n) is 9.33. The van der Waals surface area contributed by atoms with Gasteiger partial charge in [-0.15, -0.1) is 0 Å². The quantitative estimate of drug-likeness (QED) is 0.780. The molecule has 4 atom stereocenters. The van der Waals surface area contributed by atoms with Crippen LogP contribution in [0.3, 0.4) is 0 Å². The topological polar surface area (TPSA) is 38.3 Å². The highest BCUT2D eigenvalue weighted by Gasteiger charge is 2.48. The minimum absolute atomic E-state index is 0.0422. The van der Waals surface area contributed by atoms with Crippen LogP contribution >= 0.6 is 0 Å². The molecule has 0 spiro atoms. The van der Waals surface area contributed by atoms with Crippen LogP contribution in [0.2, 0.25) is 0 Å². The molecular formula is C19H35NO2. The van der Waals surface area contributed by atoms with E-state index in [0.717, 1.165) is 32.1 Å². The van der Waals surface area contributed by atoms with Crippen molar-refractivity contribution < 1.29 is 9.53 Å². The fourth-order valence-electron chi connectivity index (χ4n) is 4.26. The molecule has 0 bridgehead atoms. The maximum absolute atomic E-state index is 12.6. The average Bonchev–Trinajstić information content (AvgIpc) is 2.53. The molecule has 128 valence electrons. The molecule has 0 aromatic heterocycles. The number of esters is 1. The van der Waals surface area contributed by atoms with Crippen LogP contribution in [-0.4, -0.2) is 23.2 Å². The van der Waals surface area contributed by atoms with Crippen LogP contribution in [0.1, 0.15) is 86.0 Å². The Morgan fingerprint density at radius 2 is 1.77 bits per heavy atom. The molecule has 3 nitrogen and oxygen atoms in total. The first kappa shape index (κ1) is 17.8. The van der Waals surface area contributed by atoms with Crippen LogP contribution in [0, 0.1) is 11.8 Å². The van der Waals surface area contributed by atoms with Gasteiger partial charge in [0.1, 0.15) is 6.10 Å². The van der Waals surface area contributed by atoms with Gasteiger partial charge in [-0.3, -0.25) is 4.79 Å². The van der Waals surface area contributed by atoms with Crippen LogP contribution < -0.4 is 5.32 Å². The van der Waals surface area contributed by atoms with E-state index in [1.54, 1.807) is 0 Å². The minimum Gasteiger partial charge on any atom is -0.462 e. The van der Waals surface area contributed by atoms with E-state index in [9.17, 15) is 4.79 Å². The second kappa shape index (κ2) is 6.90. The van der Waals surface area contributed by atoms with E-state index in [1.807, 2.05) is 0 Å². The Morgan fingerprint density at radius 3 is 2.32 bits per heavy atom. The van der Waals surface area contributed by atoms with Crippen molar-refractivity contribution in [1.82, 2.24) is 5.32 Å². The smallest absolute Gasteiger partial charge is 0.309 e. The molecule has 22 heavy (non-hydrogen) atoms. The minimum atomic E-state index is 0.0422. The highest BCUT2D eigenvalue weighted by atomic mass is 16.5. The summed E-state index contributed by atoms with van der Waals surface area (Å²) in [5.41, 5.74) is 0.106. The summed E-state index contributed by atoms with van der Waals surface area (Å²) in [6.07, 6.45) is 8.78. The van der Waals surface area contributed by atoms with E-state index in [0.29, 0.717) is 5.92 Å². The zero-order chi connectivity index (χ0) is 16.4. The van der Waals surface area contributed by atoms with Gasteiger partial charge < -0.3 is 10.1 Å². The number of hydrogen-bond donors (Lipinski definition) is 1. The molecule has 2 aliphatic rings. The molecule has 0 amide bonds. The van der Waals surface area contributed by atoms with Crippen molar-refractivity contribution in [3.63, 3.8) is 0 Å². The molecule has 2 rings (SSSR count). The molecule has 1 N–H and O–H groups in total. The van der Waals surface area contributed by atoms with Crippen molar-refractivity contribution in [2.45, 2.75) is 103 Å². The van der Waals surface area contributed by atoms with Crippen molar-refractivity contribution in [2.75, 3.05) is 0 Å². The molecule has 0 aromatic carbocycles. The number of ether oxygens (including phenoxy) is 1. The molecule has 1 aliphatic carbocycles. The van der Waals surface area contributed by atoms with Gasteiger partial charge >= 0.3 is 5.97 Å². The van der Waals surface area contributed by atoms with E-state index >= 15 is 0 Å². The Balaban J connectivity index is 2.08. The first-order valence-corrected chi connectivity index (χ1v) is 9.33. The Bertz CT molecular complexity index is 391. The zero-order valence-electron chi connectivity index (χ0n) is 15.2. The Labute approximate surface area is 136 Å². The van der Waals surface area contributed by atoms with Crippen LogP contribution in [0.5, 0.6) is 0 Å². The maximum atomic E-state index is 12.6. The van der Waals surface area contributed by atoms with Gasteiger partial charge in [-0.25, -0.2) is 0 Å². The molecule has 2 fully saturated rings. The normalized spacial score (nSPS) is 40.4. The van der Waals surface area contributed by atoms with Crippen molar-refractivity contribution in [2.24, 2.45) is 11.8 Å². The predicted octanol–water partition coefficient (Wildman–Crippen LogP) is 4.45. The fourth-order valence-corrected chi connectivity index (χ4v) is 4.26. The fraction of sp³-hybridized carbons (Fsp3) is 0.947. The SMILES string of the molecule is CCC1(C)CC(OC(=O)C2CCCCC2)C(C)C(C)(CC)N1. The predicted molar refractivity (Wildman–Crippen MR) is 90.8 cm³/mol. The third-order valence-electron chi connectivity index (χ3n) is 6.52. The van der Waals surface area contributed by atoms with Crippen LogP contribution in [0.25, 0.3) is 0 Å². The van der Waals surface area contributed by atoms with Gasteiger partial charge in [0.15, 0.2) is 0 Å². The lowest BCUT2D eigenvalue weighted by Crippen LogP contribution is -2.66. The van der Waals surface area contributed by atoms with E-state index in [2.05, 4.69) is 39.9 Å². The summed E-state index contributed by atoms with van der Waals surface area (Å²) in [6.45, 7) is 11.2. The Hall–Kier alpha value is -0.570. The third-order valence-corrected chi connectivity index (χ3v) is 6.52. The van der Waals surface area contributed by atoms with Gasteiger partial charge in [-0.1, -0.05) is 40.0 Å². The number of carbonyl (C=O) groups is 1. The monoisotopic (exact) mass is 309 g/mol. The summed E-state index contributed by atoms with van der Waals surface area (Å²) in [5, 5.41) is 3.85. The van der Waals surface area contributed by atoms with Crippen molar-refractivity contribution in [3.8, 4) is 0 Å². The molecule has 1 heterocycles. The van der Waals surface area contributed by atoms with Gasteiger partial charge in [0.05, 0.1) is 5.92 Å². The van der Waals surface area contributed by atoms with Crippen molar-refractivity contribution >= 4 is 5.97 Å². The number of rotatable bonds is 4. The molecular weight excluding hydrogens is 274 g/mol. The number of hydrogen-bond acceptors (Lipinski definition) is 3. The molecule has 0 aromatic rings. The lowest BCUT2D eigenvalue weighted by atomic mass is 9.70. The summed E-state index contributed by atoms with van der Waals surface area (Å²) in [7, 11) is 0. The number of piperidine rings is 1. The third kappa shape index (κ3) is 3.67. The first-order chi connectivity index (χ1) is 10.3. The van der Waals surface area contributed by atoms with Gasteiger partial charge in [-0.2, -0.15) is 0 Å². The van der Waals surface area contributed by atoms with Gasteiger partial charge in [-0.05, 0) is 39.5 Å². The largest absolute Gasteiger partial charge is 0.462 e. The summed E-state index contributed by atoms with van der Waals surface area (Å²) in [6, 6.07) is 0. The van der Waals surface area contributed by atoms with E-state index in [4.69, 9.17) is 4.74 Å². The van der Waals surface area contributed by atoms with E-state index in [-0.39, 0.29) is 29.1 Å². The van der Waals surface area contributed by atoms with Crippen LogP contribution in [0.15, 0.2) is 0 Å². The molecule has 0 radical (unpaired) electrons. The van der Waals surface area contributed by atoms with Crippen molar-refractivity contribution in [1.29, 1.82) is 0 Å². The summed E-state index contributed by atoms with van der Waals surface area (Å²) >= 11 is 0. The number of carbonyl (C=O) groups excluding carboxylic acids is 1. The molecule has 3 heteroatoms. The molecule has 1 saturated heterocycles. The second-order valence-corrected chi connectivity index (χ2v) is 8.11. The summed E-state index contributed by atoms with van der Waals surface area (Å²) < 4.78 is 6.06. The highest BCUT2D eigenvalue weighted by Crippen LogP contribution is 2.39. The van der Waals surface area contributed by atoms with Gasteiger partial charge in [0.2, 0.25) is 0 Å². The average molecular weight is 309 g/mol. The maximum Gasteiger partial charge on any atom is 0.309 e. The zero-order valence-corrected chi connectivity index (χ0v) is 15.2.